The fraction of sp³-hybridized carbons (Fsp3) is 0.0556. The Morgan fingerprint density at radius 3 is 1.34 bits per heavy atom. The topological polar surface area (TPSA) is 3.24 Å². The van der Waals surface area contributed by atoms with Gasteiger partial charge >= 0.3 is 0 Å². The Balaban J connectivity index is 1.46. The molecule has 0 unspecified atom stereocenters. The zero-order valence-corrected chi connectivity index (χ0v) is 23.0. The van der Waals surface area contributed by atoms with Gasteiger partial charge in [-0.2, -0.15) is 0 Å². The van der Waals surface area contributed by atoms with E-state index in [1.165, 1.54) is 16.7 Å². The molecule has 0 radical (unpaired) electrons. The van der Waals surface area contributed by atoms with E-state index < -0.39 is 0 Å². The molecule has 0 spiro atoms. The number of halogens is 1. The maximum absolute atomic E-state index is 3.52. The molecule has 0 saturated carbocycles. The normalized spacial score (nSPS) is 10.1. The first-order valence-corrected chi connectivity index (χ1v) is 13.3. The van der Waals surface area contributed by atoms with Crippen molar-refractivity contribution in [2.75, 3.05) is 4.90 Å². The van der Waals surface area contributed by atoms with E-state index in [-0.39, 0.29) is 0 Å². The minimum Gasteiger partial charge on any atom is -0.311 e. The Morgan fingerprint density at radius 1 is 0.500 bits per heavy atom. The highest BCUT2D eigenvalue weighted by atomic mass is 79.9. The van der Waals surface area contributed by atoms with Crippen LogP contribution < -0.4 is 4.90 Å². The van der Waals surface area contributed by atoms with Crippen LogP contribution in [0.5, 0.6) is 0 Å². The fourth-order valence-electron chi connectivity index (χ4n) is 4.30. The van der Waals surface area contributed by atoms with Gasteiger partial charge in [-0.3, -0.25) is 0 Å². The Labute approximate surface area is 233 Å². The van der Waals surface area contributed by atoms with Crippen molar-refractivity contribution in [3.05, 3.63) is 137 Å². The van der Waals surface area contributed by atoms with Crippen molar-refractivity contribution in [1.82, 2.24) is 0 Å². The van der Waals surface area contributed by atoms with Crippen LogP contribution >= 0.6 is 15.9 Å². The number of benzene rings is 5. The van der Waals surface area contributed by atoms with Crippen molar-refractivity contribution in [1.29, 1.82) is 0 Å². The summed E-state index contributed by atoms with van der Waals surface area (Å²) in [6.45, 7) is 3.91. The van der Waals surface area contributed by atoms with Crippen LogP contribution in [-0.2, 0) is 0 Å². The summed E-state index contributed by atoms with van der Waals surface area (Å²) in [5, 5.41) is 0. The summed E-state index contributed by atoms with van der Waals surface area (Å²) in [5.41, 5.74) is 10.2. The Morgan fingerprint density at radius 2 is 0.895 bits per heavy atom. The summed E-state index contributed by atoms with van der Waals surface area (Å²) in [5.74, 6) is 11.5. The molecule has 5 rings (SSSR count). The lowest BCUT2D eigenvalue weighted by molar-refractivity contribution is 1.27. The molecule has 0 aliphatic carbocycles. The Kier molecular flexibility index (Phi) is 7.75. The van der Waals surface area contributed by atoms with Crippen LogP contribution in [0.3, 0.4) is 0 Å². The summed E-state index contributed by atoms with van der Waals surface area (Å²) < 4.78 is 1.08. The molecule has 0 aliphatic heterocycles. The molecule has 2 heteroatoms. The van der Waals surface area contributed by atoms with Crippen LogP contribution in [-0.4, -0.2) is 0 Å². The molecule has 5 aromatic rings. The van der Waals surface area contributed by atoms with Gasteiger partial charge in [0.1, 0.15) is 0 Å². The van der Waals surface area contributed by atoms with Crippen molar-refractivity contribution < 1.29 is 0 Å². The molecule has 0 amide bonds. The van der Waals surface area contributed by atoms with Gasteiger partial charge in [-0.15, -0.1) is 0 Å². The lowest BCUT2D eigenvalue weighted by atomic mass is 10.0. The van der Waals surface area contributed by atoms with Crippen molar-refractivity contribution in [3.63, 3.8) is 0 Å². The standard InChI is InChI=1S/C36H26BrN/c1-3-4-5-6-28-9-11-29(12-10-28)31-15-23-35(24-16-31)38(34-21-7-27(2)8-22-34)36-25-17-32(18-26-36)30-13-19-33(37)20-14-30/h7-26H,1-2H3. The molecule has 1 nitrogen and oxygen atoms in total. The third-order valence-electron chi connectivity index (χ3n) is 6.33. The molecule has 0 aliphatic rings. The lowest BCUT2D eigenvalue weighted by Crippen LogP contribution is -2.09. The molecule has 0 N–H and O–H groups in total. The molecule has 182 valence electrons. The summed E-state index contributed by atoms with van der Waals surface area (Å²) in [6.07, 6.45) is 0. The molecule has 5 aromatic carbocycles. The van der Waals surface area contributed by atoms with Gasteiger partial charge in [0, 0.05) is 27.1 Å². The second-order valence-corrected chi connectivity index (χ2v) is 9.89. The molecule has 0 atom stereocenters. The maximum Gasteiger partial charge on any atom is 0.0462 e. The van der Waals surface area contributed by atoms with Crippen molar-refractivity contribution in [2.24, 2.45) is 0 Å². The van der Waals surface area contributed by atoms with E-state index >= 15 is 0 Å². The zero-order valence-electron chi connectivity index (χ0n) is 21.4. The highest BCUT2D eigenvalue weighted by Gasteiger charge is 2.13. The number of nitrogens with zero attached hydrogens (tertiary/aromatic N) is 1. The molecular weight excluding hydrogens is 526 g/mol. The number of anilines is 3. The van der Waals surface area contributed by atoms with Gasteiger partial charge in [0.2, 0.25) is 0 Å². The molecule has 38 heavy (non-hydrogen) atoms. The second-order valence-electron chi connectivity index (χ2n) is 8.97. The molecule has 0 bridgehead atoms. The van der Waals surface area contributed by atoms with Crippen LogP contribution in [0.4, 0.5) is 17.1 Å². The summed E-state index contributed by atoms with van der Waals surface area (Å²) in [7, 11) is 0. The minimum absolute atomic E-state index is 0.963. The molecule has 0 heterocycles. The minimum atomic E-state index is 0.963. The molecule has 0 saturated heterocycles. The van der Waals surface area contributed by atoms with E-state index in [0.29, 0.717) is 0 Å². The predicted molar refractivity (Wildman–Crippen MR) is 165 cm³/mol. The van der Waals surface area contributed by atoms with E-state index in [0.717, 1.165) is 38.2 Å². The Bertz CT molecular complexity index is 1640. The van der Waals surface area contributed by atoms with Gasteiger partial charge in [-0.25, -0.2) is 0 Å². The predicted octanol–water partition coefficient (Wildman–Crippen LogP) is 9.94. The SMILES string of the molecule is CC#CC#Cc1ccc(-c2ccc(N(c3ccc(C)cc3)c3ccc(-c4ccc(Br)cc4)cc3)cc2)cc1. The van der Waals surface area contributed by atoms with Crippen LogP contribution in [0, 0.1) is 30.6 Å². The van der Waals surface area contributed by atoms with Crippen LogP contribution in [0.2, 0.25) is 0 Å². The zero-order chi connectivity index (χ0) is 26.3. The largest absolute Gasteiger partial charge is 0.311 e. The van der Waals surface area contributed by atoms with Gasteiger partial charge in [0.25, 0.3) is 0 Å². The number of aryl methyl sites for hydroxylation is 1. The van der Waals surface area contributed by atoms with E-state index in [4.69, 9.17) is 0 Å². The number of hydrogen-bond donors (Lipinski definition) is 0. The molecular formula is C36H26BrN. The number of rotatable bonds is 5. The average Bonchev–Trinajstić information content (AvgIpc) is 2.96. The second kappa shape index (κ2) is 11.7. The van der Waals surface area contributed by atoms with Crippen LogP contribution in [0.1, 0.15) is 18.1 Å². The number of hydrogen-bond acceptors (Lipinski definition) is 1. The third kappa shape index (κ3) is 5.90. The van der Waals surface area contributed by atoms with E-state index in [1.54, 1.807) is 6.92 Å². The van der Waals surface area contributed by atoms with E-state index in [1.807, 2.05) is 12.1 Å². The third-order valence-corrected chi connectivity index (χ3v) is 6.86. The fourth-order valence-corrected chi connectivity index (χ4v) is 4.57. The van der Waals surface area contributed by atoms with Gasteiger partial charge in [0.15, 0.2) is 0 Å². The van der Waals surface area contributed by atoms with E-state index in [9.17, 15) is 0 Å². The van der Waals surface area contributed by atoms with Crippen LogP contribution in [0.15, 0.2) is 126 Å². The van der Waals surface area contributed by atoms with Crippen molar-refractivity contribution >= 4 is 33.0 Å². The smallest absolute Gasteiger partial charge is 0.0462 e. The maximum atomic E-state index is 3.52. The van der Waals surface area contributed by atoms with E-state index in [2.05, 4.69) is 161 Å². The lowest BCUT2D eigenvalue weighted by Gasteiger charge is -2.26. The first kappa shape index (κ1) is 25.2. The van der Waals surface area contributed by atoms with Crippen molar-refractivity contribution in [3.8, 4) is 45.9 Å². The Hall–Kier alpha value is -4.50. The summed E-state index contributed by atoms with van der Waals surface area (Å²) in [4.78, 5) is 2.29. The van der Waals surface area contributed by atoms with Crippen molar-refractivity contribution in [2.45, 2.75) is 13.8 Å². The summed E-state index contributed by atoms with van der Waals surface area (Å²) >= 11 is 3.52. The van der Waals surface area contributed by atoms with Gasteiger partial charge in [-0.1, -0.05) is 94.0 Å². The quantitative estimate of drug-likeness (QED) is 0.196. The highest BCUT2D eigenvalue weighted by molar-refractivity contribution is 9.10. The first-order valence-electron chi connectivity index (χ1n) is 12.5. The monoisotopic (exact) mass is 551 g/mol. The summed E-state index contributed by atoms with van der Waals surface area (Å²) in [6, 6.07) is 42.8. The average molecular weight is 553 g/mol. The highest BCUT2D eigenvalue weighted by Crippen LogP contribution is 2.36. The van der Waals surface area contributed by atoms with Gasteiger partial charge in [0.05, 0.1) is 0 Å². The van der Waals surface area contributed by atoms with Crippen LogP contribution in [0.25, 0.3) is 22.3 Å². The molecule has 0 aromatic heterocycles. The first-order chi connectivity index (χ1) is 18.6. The molecule has 0 fully saturated rings. The van der Waals surface area contributed by atoms with Gasteiger partial charge < -0.3 is 4.90 Å². The van der Waals surface area contributed by atoms with Gasteiger partial charge in [-0.05, 0) is 109 Å².